The molecule has 1 aliphatic heterocycles. The number of hydrogen-bond acceptors (Lipinski definition) is 4. The number of likely N-dealkylation sites (tertiary alicyclic amines) is 1. The van der Waals surface area contributed by atoms with Gasteiger partial charge in [-0.25, -0.2) is 4.98 Å². The van der Waals surface area contributed by atoms with Gasteiger partial charge in [0.15, 0.2) is 5.13 Å². The Morgan fingerprint density at radius 1 is 1.56 bits per heavy atom. The van der Waals surface area contributed by atoms with Gasteiger partial charge in [0.2, 0.25) is 0 Å². The number of anilines is 1. The fourth-order valence-corrected chi connectivity index (χ4v) is 3.71. The van der Waals surface area contributed by atoms with Gasteiger partial charge < -0.3 is 5.73 Å². The molecule has 1 atom stereocenters. The van der Waals surface area contributed by atoms with Gasteiger partial charge in [0.05, 0.1) is 0 Å². The van der Waals surface area contributed by atoms with E-state index in [2.05, 4.69) is 23.7 Å². The standard InChI is InChI=1S/C13H23N3S.ClH/c1-3-5-13(2)6-4-7-16(10-13)9-11-8-15-12(14)17-11;/h8H,3-7,9-10H2,1-2H3,(H2,14,15);1H. The Morgan fingerprint density at radius 2 is 2.33 bits per heavy atom. The zero-order valence-corrected chi connectivity index (χ0v) is 12.9. The Balaban J connectivity index is 0.00000162. The second kappa shape index (κ2) is 6.73. The van der Waals surface area contributed by atoms with E-state index in [-0.39, 0.29) is 12.4 Å². The van der Waals surface area contributed by atoms with E-state index in [0.29, 0.717) is 10.5 Å². The van der Waals surface area contributed by atoms with E-state index < -0.39 is 0 Å². The van der Waals surface area contributed by atoms with Crippen molar-refractivity contribution in [1.82, 2.24) is 9.88 Å². The molecule has 2 heterocycles. The van der Waals surface area contributed by atoms with Crippen molar-refractivity contribution in [1.29, 1.82) is 0 Å². The molecule has 1 fully saturated rings. The highest BCUT2D eigenvalue weighted by Crippen LogP contribution is 2.34. The molecule has 3 nitrogen and oxygen atoms in total. The van der Waals surface area contributed by atoms with Crippen molar-refractivity contribution in [3.63, 3.8) is 0 Å². The van der Waals surface area contributed by atoms with Crippen LogP contribution in [0.25, 0.3) is 0 Å². The van der Waals surface area contributed by atoms with Gasteiger partial charge in [-0.2, -0.15) is 0 Å². The number of rotatable bonds is 4. The second-order valence-electron chi connectivity index (χ2n) is 5.54. The summed E-state index contributed by atoms with van der Waals surface area (Å²) in [4.78, 5) is 7.98. The molecule has 2 rings (SSSR count). The van der Waals surface area contributed by atoms with Crippen molar-refractivity contribution in [2.24, 2.45) is 5.41 Å². The Labute approximate surface area is 120 Å². The first-order chi connectivity index (χ1) is 8.11. The maximum atomic E-state index is 5.67. The molecule has 0 amide bonds. The molecular formula is C13H24ClN3S. The maximum absolute atomic E-state index is 5.67. The lowest BCUT2D eigenvalue weighted by atomic mass is 9.78. The summed E-state index contributed by atoms with van der Waals surface area (Å²) in [5.41, 5.74) is 6.19. The number of halogens is 1. The van der Waals surface area contributed by atoms with E-state index in [0.717, 1.165) is 6.54 Å². The summed E-state index contributed by atoms with van der Waals surface area (Å²) >= 11 is 1.62. The van der Waals surface area contributed by atoms with E-state index in [1.54, 1.807) is 11.3 Å². The highest BCUT2D eigenvalue weighted by atomic mass is 35.5. The lowest BCUT2D eigenvalue weighted by Gasteiger charge is -2.40. The number of nitrogens with two attached hydrogens (primary N) is 1. The molecule has 1 aromatic heterocycles. The zero-order valence-electron chi connectivity index (χ0n) is 11.3. The van der Waals surface area contributed by atoms with Crippen LogP contribution in [-0.2, 0) is 6.54 Å². The molecule has 0 radical (unpaired) electrons. The normalized spacial score (nSPS) is 24.8. The molecular weight excluding hydrogens is 266 g/mol. The summed E-state index contributed by atoms with van der Waals surface area (Å²) in [5, 5.41) is 0.688. The average Bonchev–Trinajstić information content (AvgIpc) is 2.64. The lowest BCUT2D eigenvalue weighted by Crippen LogP contribution is -2.40. The van der Waals surface area contributed by atoms with Crippen LogP contribution in [0.2, 0.25) is 0 Å². The van der Waals surface area contributed by atoms with Crippen molar-refractivity contribution in [2.75, 3.05) is 18.8 Å². The summed E-state index contributed by atoms with van der Waals surface area (Å²) < 4.78 is 0. The minimum Gasteiger partial charge on any atom is -0.375 e. The summed E-state index contributed by atoms with van der Waals surface area (Å²) in [6, 6.07) is 0. The third-order valence-corrected chi connectivity index (χ3v) is 4.48. The highest BCUT2D eigenvalue weighted by Gasteiger charge is 2.30. The van der Waals surface area contributed by atoms with Crippen LogP contribution in [0, 0.1) is 5.41 Å². The molecule has 0 aromatic carbocycles. The van der Waals surface area contributed by atoms with Crippen LogP contribution >= 0.6 is 23.7 Å². The van der Waals surface area contributed by atoms with Crippen molar-refractivity contribution in [2.45, 2.75) is 46.1 Å². The first-order valence-electron chi connectivity index (χ1n) is 6.54. The quantitative estimate of drug-likeness (QED) is 0.922. The van der Waals surface area contributed by atoms with Crippen LogP contribution in [0.15, 0.2) is 6.20 Å². The van der Waals surface area contributed by atoms with Gasteiger partial charge in [0, 0.05) is 24.2 Å². The van der Waals surface area contributed by atoms with Gasteiger partial charge in [-0.3, -0.25) is 4.90 Å². The third kappa shape index (κ3) is 4.11. The van der Waals surface area contributed by atoms with Crippen molar-refractivity contribution >= 4 is 28.9 Å². The van der Waals surface area contributed by atoms with Gasteiger partial charge >= 0.3 is 0 Å². The molecule has 2 N–H and O–H groups in total. The van der Waals surface area contributed by atoms with Crippen LogP contribution in [0.3, 0.4) is 0 Å². The van der Waals surface area contributed by atoms with Crippen molar-refractivity contribution in [3.05, 3.63) is 11.1 Å². The number of thiazole rings is 1. The van der Waals surface area contributed by atoms with E-state index >= 15 is 0 Å². The Bertz CT molecular complexity index is 365. The topological polar surface area (TPSA) is 42.2 Å². The SMILES string of the molecule is CCCC1(C)CCCN(Cc2cnc(N)s2)C1.Cl. The Morgan fingerprint density at radius 3 is 2.94 bits per heavy atom. The molecule has 0 bridgehead atoms. The Hall–Kier alpha value is -0.320. The molecule has 1 aliphatic rings. The van der Waals surface area contributed by atoms with Crippen LogP contribution < -0.4 is 5.73 Å². The summed E-state index contributed by atoms with van der Waals surface area (Å²) in [6.45, 7) is 8.18. The van der Waals surface area contributed by atoms with E-state index in [1.165, 1.54) is 43.6 Å². The summed E-state index contributed by atoms with van der Waals surface area (Å²) in [5.74, 6) is 0. The fraction of sp³-hybridized carbons (Fsp3) is 0.769. The molecule has 1 unspecified atom stereocenters. The van der Waals surface area contributed by atoms with E-state index in [1.807, 2.05) is 6.20 Å². The largest absolute Gasteiger partial charge is 0.375 e. The highest BCUT2D eigenvalue weighted by molar-refractivity contribution is 7.15. The van der Waals surface area contributed by atoms with Gasteiger partial charge in [0.1, 0.15) is 0 Å². The first kappa shape index (κ1) is 15.7. The van der Waals surface area contributed by atoms with E-state index in [4.69, 9.17) is 5.73 Å². The molecule has 1 aromatic rings. The third-order valence-electron chi connectivity index (χ3n) is 3.66. The summed E-state index contributed by atoms with van der Waals surface area (Å²) in [7, 11) is 0. The summed E-state index contributed by atoms with van der Waals surface area (Å²) in [6.07, 6.45) is 7.25. The minimum absolute atomic E-state index is 0. The van der Waals surface area contributed by atoms with Gasteiger partial charge in [0.25, 0.3) is 0 Å². The van der Waals surface area contributed by atoms with Gasteiger partial charge in [-0.1, -0.05) is 20.3 Å². The molecule has 0 aliphatic carbocycles. The fourth-order valence-electron chi connectivity index (χ4n) is 2.99. The van der Waals surface area contributed by atoms with Crippen LogP contribution in [-0.4, -0.2) is 23.0 Å². The first-order valence-corrected chi connectivity index (χ1v) is 7.35. The molecule has 18 heavy (non-hydrogen) atoms. The number of piperidine rings is 1. The maximum Gasteiger partial charge on any atom is 0.180 e. The second-order valence-corrected chi connectivity index (χ2v) is 6.69. The van der Waals surface area contributed by atoms with Crippen molar-refractivity contribution < 1.29 is 0 Å². The van der Waals surface area contributed by atoms with Crippen LogP contribution in [0.5, 0.6) is 0 Å². The molecule has 5 heteroatoms. The number of nitrogen functional groups attached to an aromatic ring is 1. The Kier molecular flexibility index (Phi) is 5.89. The minimum atomic E-state index is 0. The van der Waals surface area contributed by atoms with E-state index in [9.17, 15) is 0 Å². The number of nitrogens with zero attached hydrogens (tertiary/aromatic N) is 2. The predicted molar refractivity (Wildman–Crippen MR) is 81.3 cm³/mol. The van der Waals surface area contributed by atoms with Gasteiger partial charge in [-0.15, -0.1) is 23.7 Å². The predicted octanol–water partition coefficient (Wildman–Crippen LogP) is 3.55. The number of aromatic nitrogens is 1. The van der Waals surface area contributed by atoms with Crippen LogP contribution in [0.4, 0.5) is 5.13 Å². The van der Waals surface area contributed by atoms with Crippen LogP contribution in [0.1, 0.15) is 44.4 Å². The van der Waals surface area contributed by atoms with Crippen molar-refractivity contribution in [3.8, 4) is 0 Å². The molecule has 0 spiro atoms. The number of hydrogen-bond donors (Lipinski definition) is 1. The molecule has 104 valence electrons. The molecule has 1 saturated heterocycles. The smallest absolute Gasteiger partial charge is 0.180 e. The van der Waals surface area contributed by atoms with Gasteiger partial charge in [-0.05, 0) is 31.2 Å². The lowest BCUT2D eigenvalue weighted by molar-refractivity contribution is 0.0897. The molecule has 0 saturated carbocycles. The zero-order chi connectivity index (χ0) is 12.3. The average molecular weight is 290 g/mol. The monoisotopic (exact) mass is 289 g/mol.